The van der Waals surface area contributed by atoms with Gasteiger partial charge in [-0.25, -0.2) is 4.79 Å². The molecule has 0 saturated carbocycles. The van der Waals surface area contributed by atoms with E-state index in [1.165, 1.54) is 0 Å². The zero-order chi connectivity index (χ0) is 16.1. The van der Waals surface area contributed by atoms with Crippen molar-refractivity contribution in [1.29, 1.82) is 0 Å². The van der Waals surface area contributed by atoms with Crippen molar-refractivity contribution in [3.63, 3.8) is 0 Å². The number of carboxylic acids is 1. The van der Waals surface area contributed by atoms with Gasteiger partial charge in [0.15, 0.2) is 0 Å². The molecule has 0 unspecified atom stereocenters. The smallest absolute Gasteiger partial charge is 0.327 e. The molecule has 20 heavy (non-hydrogen) atoms. The number of rotatable bonds is 4. The highest BCUT2D eigenvalue weighted by atomic mass is 28.3. The third-order valence-electron chi connectivity index (χ3n) is 3.72. The van der Waals surface area contributed by atoms with Gasteiger partial charge in [0.2, 0.25) is 5.91 Å². The van der Waals surface area contributed by atoms with E-state index in [4.69, 9.17) is 5.11 Å². The third-order valence-corrected chi connectivity index (χ3v) is 8.27. The summed E-state index contributed by atoms with van der Waals surface area (Å²) in [6.07, 6.45) is 0.153. The van der Waals surface area contributed by atoms with Crippen molar-refractivity contribution in [2.24, 2.45) is 5.92 Å². The molecule has 4 nitrogen and oxygen atoms in total. The number of hydrogen-bond acceptors (Lipinski definition) is 2. The number of carboxylic acid groups (broad SMARTS) is 1. The lowest BCUT2D eigenvalue weighted by Gasteiger charge is -2.31. The van der Waals surface area contributed by atoms with Crippen molar-refractivity contribution < 1.29 is 14.7 Å². The first-order valence-corrected chi connectivity index (χ1v) is 9.91. The molecule has 0 aliphatic heterocycles. The number of hydrogen-bond donors (Lipinski definition) is 2. The molecule has 0 aliphatic carbocycles. The predicted octanol–water partition coefficient (Wildman–Crippen LogP) is 2.65. The Morgan fingerprint density at radius 2 is 1.75 bits per heavy atom. The highest BCUT2D eigenvalue weighted by Crippen LogP contribution is 2.35. The maximum absolute atomic E-state index is 11.6. The summed E-state index contributed by atoms with van der Waals surface area (Å²) in [5, 5.41) is 11.8. The second-order valence-corrected chi connectivity index (χ2v) is 11.9. The average Bonchev–Trinajstić information content (AvgIpc) is 2.25. The molecule has 5 heteroatoms. The van der Waals surface area contributed by atoms with Crippen LogP contribution >= 0.6 is 0 Å². The summed E-state index contributed by atoms with van der Waals surface area (Å²) in [6.45, 7) is 14.3. The fraction of sp³-hybridized carbons (Fsp3) is 0.733. The molecule has 0 rings (SSSR count). The van der Waals surface area contributed by atoms with Gasteiger partial charge in [0.25, 0.3) is 0 Å². The molecule has 1 atom stereocenters. The minimum Gasteiger partial charge on any atom is -0.480 e. The molecule has 0 spiro atoms. The van der Waals surface area contributed by atoms with E-state index in [1.807, 2.05) is 0 Å². The van der Waals surface area contributed by atoms with Crippen LogP contribution in [0.4, 0.5) is 0 Å². The standard InChI is InChI=1S/C15H27NO3Si/c1-11(2)13(17)16-12(14(18)19)9-8-10-20(6,7)15(3,4)5/h11-12H,9H2,1-7H3,(H,16,17)(H,18,19)/t12-/m1/s1. The van der Waals surface area contributed by atoms with E-state index in [1.54, 1.807) is 13.8 Å². The van der Waals surface area contributed by atoms with E-state index in [2.05, 4.69) is 50.6 Å². The maximum atomic E-state index is 11.6. The van der Waals surface area contributed by atoms with Gasteiger partial charge in [-0.1, -0.05) is 47.7 Å². The first-order valence-electron chi connectivity index (χ1n) is 6.91. The van der Waals surface area contributed by atoms with Gasteiger partial charge in [-0.05, 0) is 5.04 Å². The second kappa shape index (κ2) is 6.94. The van der Waals surface area contributed by atoms with E-state index in [0.717, 1.165) is 0 Å². The number of nitrogens with one attached hydrogen (secondary N) is 1. The van der Waals surface area contributed by atoms with E-state index in [9.17, 15) is 9.59 Å². The van der Waals surface area contributed by atoms with Gasteiger partial charge in [-0.2, -0.15) is 0 Å². The van der Waals surface area contributed by atoms with Crippen LogP contribution in [0.5, 0.6) is 0 Å². The highest BCUT2D eigenvalue weighted by Gasteiger charge is 2.33. The van der Waals surface area contributed by atoms with E-state index in [0.29, 0.717) is 0 Å². The summed E-state index contributed by atoms with van der Waals surface area (Å²) in [6, 6.07) is -0.929. The van der Waals surface area contributed by atoms with Gasteiger partial charge >= 0.3 is 5.97 Å². The number of carbonyl (C=O) groups excluding carboxylic acids is 1. The molecule has 0 aliphatic rings. The summed E-state index contributed by atoms with van der Waals surface area (Å²) in [5.74, 6) is 1.45. The van der Waals surface area contributed by atoms with Crippen LogP contribution in [0.3, 0.4) is 0 Å². The number of aliphatic carboxylic acids is 1. The maximum Gasteiger partial charge on any atom is 0.327 e. The molecule has 0 aromatic heterocycles. The van der Waals surface area contributed by atoms with Crippen LogP contribution in [-0.2, 0) is 9.59 Å². The highest BCUT2D eigenvalue weighted by molar-refractivity contribution is 6.87. The minimum atomic E-state index is -1.74. The molecule has 114 valence electrons. The summed E-state index contributed by atoms with van der Waals surface area (Å²) >= 11 is 0. The first-order chi connectivity index (χ1) is 8.88. The minimum absolute atomic E-state index is 0.139. The fourth-order valence-corrected chi connectivity index (χ4v) is 2.02. The van der Waals surface area contributed by atoms with Crippen molar-refractivity contribution in [1.82, 2.24) is 5.32 Å². The van der Waals surface area contributed by atoms with Crippen molar-refractivity contribution in [2.45, 2.75) is 65.2 Å². The third kappa shape index (κ3) is 5.79. The molecule has 0 saturated heterocycles. The molecule has 0 fully saturated rings. The van der Waals surface area contributed by atoms with Gasteiger partial charge in [0.1, 0.15) is 14.1 Å². The lowest BCUT2D eigenvalue weighted by atomic mass is 10.1. The molecule has 0 radical (unpaired) electrons. The topological polar surface area (TPSA) is 66.4 Å². The van der Waals surface area contributed by atoms with E-state index < -0.39 is 20.1 Å². The molecular weight excluding hydrogens is 270 g/mol. The molecular formula is C15H27NO3Si. The molecule has 2 N–H and O–H groups in total. The van der Waals surface area contributed by atoms with E-state index >= 15 is 0 Å². The monoisotopic (exact) mass is 297 g/mol. The summed E-state index contributed by atoms with van der Waals surface area (Å²) < 4.78 is 0. The Bertz CT molecular complexity index is 425. The van der Waals surface area contributed by atoms with Crippen molar-refractivity contribution >= 4 is 20.0 Å². The van der Waals surface area contributed by atoms with Crippen LogP contribution in [-0.4, -0.2) is 31.1 Å². The van der Waals surface area contributed by atoms with Gasteiger partial charge in [0, 0.05) is 12.3 Å². The Labute approximate surface area is 123 Å². The Balaban J connectivity index is 4.83. The largest absolute Gasteiger partial charge is 0.480 e. The van der Waals surface area contributed by atoms with Gasteiger partial charge in [-0.15, -0.1) is 11.5 Å². The summed E-state index contributed by atoms with van der Waals surface area (Å²) in [7, 11) is -1.74. The average molecular weight is 297 g/mol. The predicted molar refractivity (Wildman–Crippen MR) is 84.0 cm³/mol. The molecule has 0 aromatic carbocycles. The molecule has 0 aromatic rings. The molecule has 1 amide bonds. The van der Waals surface area contributed by atoms with Gasteiger partial charge in [0.05, 0.1) is 0 Å². The van der Waals surface area contributed by atoms with Gasteiger partial charge < -0.3 is 10.4 Å². The molecule has 0 heterocycles. The second-order valence-electron chi connectivity index (χ2n) is 6.94. The Kier molecular flexibility index (Phi) is 6.49. The van der Waals surface area contributed by atoms with Crippen molar-refractivity contribution in [3.05, 3.63) is 0 Å². The number of amides is 1. The van der Waals surface area contributed by atoms with Crippen LogP contribution in [0.15, 0.2) is 0 Å². The zero-order valence-corrected chi connectivity index (χ0v) is 14.6. The van der Waals surface area contributed by atoms with Crippen LogP contribution in [0.1, 0.15) is 41.0 Å². The van der Waals surface area contributed by atoms with Gasteiger partial charge in [-0.3, -0.25) is 4.79 Å². The molecule has 0 bridgehead atoms. The number of carbonyl (C=O) groups is 2. The zero-order valence-electron chi connectivity index (χ0n) is 13.6. The quantitative estimate of drug-likeness (QED) is 0.619. The first kappa shape index (κ1) is 18.7. The summed E-state index contributed by atoms with van der Waals surface area (Å²) in [5.41, 5.74) is 3.26. The lowest BCUT2D eigenvalue weighted by Crippen LogP contribution is -2.42. The van der Waals surface area contributed by atoms with E-state index in [-0.39, 0.29) is 23.3 Å². The van der Waals surface area contributed by atoms with Crippen LogP contribution in [0.2, 0.25) is 18.1 Å². The van der Waals surface area contributed by atoms with Crippen molar-refractivity contribution in [3.8, 4) is 11.5 Å². The van der Waals surface area contributed by atoms with Crippen molar-refractivity contribution in [2.75, 3.05) is 0 Å². The normalized spacial score (nSPS) is 13.4. The SMILES string of the molecule is CC(C)C(=O)N[C@H](CC#C[Si](C)(C)C(C)(C)C)C(=O)O. The summed E-state index contributed by atoms with van der Waals surface area (Å²) in [4.78, 5) is 22.7. The fourth-order valence-electron chi connectivity index (χ4n) is 1.10. The van der Waals surface area contributed by atoms with Crippen LogP contribution < -0.4 is 5.32 Å². The van der Waals surface area contributed by atoms with Crippen LogP contribution in [0.25, 0.3) is 0 Å². The Morgan fingerprint density at radius 3 is 2.10 bits per heavy atom. The Morgan fingerprint density at radius 1 is 1.25 bits per heavy atom. The van der Waals surface area contributed by atoms with Crippen LogP contribution in [0, 0.1) is 17.4 Å². The lowest BCUT2D eigenvalue weighted by molar-refractivity contribution is -0.142. The Hall–Kier alpha value is -1.28.